The molecular formula is C73H47N3. The topological polar surface area (TPSA) is 13.1 Å². The first kappa shape index (κ1) is 42.5. The average Bonchev–Trinajstić information content (AvgIpc) is 4.32. The lowest BCUT2D eigenvalue weighted by molar-refractivity contribution is 0.748. The summed E-state index contributed by atoms with van der Waals surface area (Å²) in [4.78, 5) is 2.47. The van der Waals surface area contributed by atoms with Crippen molar-refractivity contribution >= 4 is 60.7 Å². The minimum atomic E-state index is -0.537. The number of hydrogen-bond donors (Lipinski definition) is 0. The van der Waals surface area contributed by atoms with Crippen molar-refractivity contribution in [2.45, 2.75) is 5.41 Å². The minimum Gasteiger partial charge on any atom is -0.310 e. The van der Waals surface area contributed by atoms with E-state index in [9.17, 15) is 0 Å². The highest BCUT2D eigenvalue weighted by Crippen LogP contribution is 2.62. The molecule has 14 aromatic rings. The molecule has 1 unspecified atom stereocenters. The summed E-state index contributed by atoms with van der Waals surface area (Å²) in [5, 5.41) is 5.09. The summed E-state index contributed by atoms with van der Waals surface area (Å²) in [6.45, 7) is 0. The second kappa shape index (κ2) is 16.5. The van der Waals surface area contributed by atoms with Gasteiger partial charge in [-0.25, -0.2) is 0 Å². The third kappa shape index (κ3) is 6.05. The molecule has 1 aliphatic heterocycles. The summed E-state index contributed by atoms with van der Waals surface area (Å²) in [5.41, 5.74) is 24.8. The fourth-order valence-corrected chi connectivity index (χ4v) is 13.3. The maximum atomic E-state index is 2.52. The van der Waals surface area contributed by atoms with Gasteiger partial charge in [0.05, 0.1) is 38.9 Å². The standard InChI is InChI=1S/C73H47N3/c1-2-18-48(19-3-1)51-20-16-21-52(46-51)56-22-5-11-31-67(56)74(53-40-36-49(37-41-53)50-38-42-54(43-39-50)75-68-32-12-6-24-58(68)59-25-7-13-33-69(59)75)55-44-45-64-62(47-55)57-23-4-9-28-63(57)73(64)65-29-10-15-35-71(65)76-70-34-14-8-26-60(70)61-27-17-30-66(73)72(61)76/h1-47H. The van der Waals surface area contributed by atoms with Crippen LogP contribution in [0.25, 0.3) is 99.5 Å². The van der Waals surface area contributed by atoms with E-state index in [1.807, 2.05) is 0 Å². The molecular weight excluding hydrogens is 919 g/mol. The number of nitrogens with zero attached hydrogens (tertiary/aromatic N) is 3. The van der Waals surface area contributed by atoms with Crippen molar-refractivity contribution in [2.24, 2.45) is 0 Å². The van der Waals surface area contributed by atoms with Gasteiger partial charge in [0.1, 0.15) is 0 Å². The fraction of sp³-hybridized carbons (Fsp3) is 0.0137. The first-order valence-electron chi connectivity index (χ1n) is 26.3. The van der Waals surface area contributed by atoms with Crippen LogP contribution in [-0.2, 0) is 5.41 Å². The molecule has 76 heavy (non-hydrogen) atoms. The van der Waals surface area contributed by atoms with Crippen LogP contribution in [0.3, 0.4) is 0 Å². The molecule has 0 bridgehead atoms. The second-order valence-electron chi connectivity index (χ2n) is 20.4. The smallest absolute Gasteiger partial charge is 0.0754 e. The summed E-state index contributed by atoms with van der Waals surface area (Å²) < 4.78 is 4.90. The van der Waals surface area contributed by atoms with Crippen molar-refractivity contribution in [1.82, 2.24) is 9.13 Å². The molecule has 1 atom stereocenters. The van der Waals surface area contributed by atoms with Gasteiger partial charge in [-0.15, -0.1) is 0 Å². The third-order valence-corrected chi connectivity index (χ3v) is 16.5. The van der Waals surface area contributed by atoms with Gasteiger partial charge in [-0.3, -0.25) is 0 Å². The van der Waals surface area contributed by atoms with Crippen LogP contribution in [0.5, 0.6) is 0 Å². The Morgan fingerprint density at radius 3 is 1.53 bits per heavy atom. The largest absolute Gasteiger partial charge is 0.310 e. The molecule has 2 aliphatic rings. The molecule has 0 N–H and O–H groups in total. The summed E-state index contributed by atoms with van der Waals surface area (Å²) in [5.74, 6) is 0. The number of para-hydroxylation sites is 6. The summed E-state index contributed by atoms with van der Waals surface area (Å²) in [6.07, 6.45) is 0. The van der Waals surface area contributed by atoms with E-state index in [0.717, 1.165) is 39.4 Å². The Morgan fingerprint density at radius 2 is 0.776 bits per heavy atom. The highest BCUT2D eigenvalue weighted by Gasteiger charge is 2.51. The highest BCUT2D eigenvalue weighted by molar-refractivity contribution is 6.13. The molecule has 3 heteroatoms. The van der Waals surface area contributed by atoms with Crippen LogP contribution < -0.4 is 4.90 Å². The Hall–Kier alpha value is -9.96. The van der Waals surface area contributed by atoms with Crippen molar-refractivity contribution in [3.05, 3.63) is 307 Å². The first-order valence-corrected chi connectivity index (χ1v) is 26.3. The van der Waals surface area contributed by atoms with Gasteiger partial charge in [0.15, 0.2) is 0 Å². The molecule has 1 spiro atoms. The SMILES string of the molecule is c1ccc(-c2cccc(-c3ccccc3N(c3ccc(-c4ccc(-n5c6ccccc6c6ccccc65)cc4)cc3)c3ccc4c(c3)-c3ccccc3C43c4ccccc4-n4c5ccccc5c5cccc3c54)c2)cc1. The van der Waals surface area contributed by atoms with Crippen molar-refractivity contribution in [2.75, 3.05) is 4.90 Å². The van der Waals surface area contributed by atoms with E-state index in [-0.39, 0.29) is 0 Å². The van der Waals surface area contributed by atoms with E-state index >= 15 is 0 Å². The van der Waals surface area contributed by atoms with Gasteiger partial charge in [-0.05, 0) is 134 Å². The quantitative estimate of drug-likeness (QED) is 0.155. The summed E-state index contributed by atoms with van der Waals surface area (Å²) >= 11 is 0. The molecule has 354 valence electrons. The third-order valence-electron chi connectivity index (χ3n) is 16.5. The molecule has 0 radical (unpaired) electrons. The van der Waals surface area contributed by atoms with Crippen molar-refractivity contribution in [1.29, 1.82) is 0 Å². The number of rotatable bonds is 7. The lowest BCUT2D eigenvalue weighted by Gasteiger charge is -2.39. The number of benzene rings is 12. The fourth-order valence-electron chi connectivity index (χ4n) is 13.3. The molecule has 0 saturated carbocycles. The van der Waals surface area contributed by atoms with E-state index in [1.165, 1.54) is 99.4 Å². The Labute approximate surface area is 441 Å². The van der Waals surface area contributed by atoms with Crippen LogP contribution in [-0.4, -0.2) is 9.13 Å². The minimum absolute atomic E-state index is 0.537. The lowest BCUT2D eigenvalue weighted by Crippen LogP contribution is -2.33. The number of anilines is 3. The zero-order valence-corrected chi connectivity index (χ0v) is 41.5. The van der Waals surface area contributed by atoms with Gasteiger partial charge >= 0.3 is 0 Å². The predicted molar refractivity (Wildman–Crippen MR) is 317 cm³/mol. The highest BCUT2D eigenvalue weighted by atomic mass is 15.1. The number of hydrogen-bond acceptors (Lipinski definition) is 1. The summed E-state index contributed by atoms with van der Waals surface area (Å²) in [6, 6.07) is 106. The van der Waals surface area contributed by atoms with Crippen molar-refractivity contribution in [3.8, 4) is 55.9 Å². The molecule has 0 amide bonds. The average molecular weight is 966 g/mol. The van der Waals surface area contributed by atoms with E-state index in [0.29, 0.717) is 0 Å². The Bertz CT molecular complexity index is 4580. The maximum Gasteiger partial charge on any atom is 0.0754 e. The molecule has 0 saturated heterocycles. The van der Waals surface area contributed by atoms with E-state index < -0.39 is 5.41 Å². The van der Waals surface area contributed by atoms with Crippen LogP contribution in [0.15, 0.2) is 285 Å². The molecule has 1 aliphatic carbocycles. The van der Waals surface area contributed by atoms with E-state index in [1.54, 1.807) is 0 Å². The summed E-state index contributed by atoms with van der Waals surface area (Å²) in [7, 11) is 0. The van der Waals surface area contributed by atoms with Crippen LogP contribution in [0, 0.1) is 0 Å². The normalized spacial score (nSPS) is 14.1. The molecule has 0 fully saturated rings. The van der Waals surface area contributed by atoms with Crippen LogP contribution >= 0.6 is 0 Å². The second-order valence-corrected chi connectivity index (χ2v) is 20.4. The van der Waals surface area contributed by atoms with Crippen molar-refractivity contribution in [3.63, 3.8) is 0 Å². The zero-order chi connectivity index (χ0) is 49.9. The maximum absolute atomic E-state index is 2.52. The molecule has 2 aromatic heterocycles. The Morgan fingerprint density at radius 1 is 0.276 bits per heavy atom. The molecule has 16 rings (SSSR count). The first-order chi connectivity index (χ1) is 37.7. The van der Waals surface area contributed by atoms with Gasteiger partial charge in [-0.2, -0.15) is 0 Å². The van der Waals surface area contributed by atoms with Crippen LogP contribution in [0.4, 0.5) is 17.1 Å². The Kier molecular flexibility index (Phi) is 9.25. The van der Waals surface area contributed by atoms with E-state index in [4.69, 9.17) is 0 Å². The van der Waals surface area contributed by atoms with Crippen LogP contribution in [0.2, 0.25) is 0 Å². The Balaban J connectivity index is 0.870. The van der Waals surface area contributed by atoms with Gasteiger partial charge in [0.25, 0.3) is 0 Å². The lowest BCUT2D eigenvalue weighted by atomic mass is 9.65. The monoisotopic (exact) mass is 965 g/mol. The van der Waals surface area contributed by atoms with Gasteiger partial charge in [-0.1, -0.05) is 212 Å². The number of aromatic nitrogens is 2. The van der Waals surface area contributed by atoms with E-state index in [2.05, 4.69) is 299 Å². The number of fused-ring (bicyclic) bond motifs is 15. The zero-order valence-electron chi connectivity index (χ0n) is 41.5. The van der Waals surface area contributed by atoms with Gasteiger partial charge < -0.3 is 14.0 Å². The van der Waals surface area contributed by atoms with Gasteiger partial charge in [0, 0.05) is 44.2 Å². The molecule has 3 heterocycles. The van der Waals surface area contributed by atoms with Crippen LogP contribution in [0.1, 0.15) is 22.3 Å². The molecule has 3 nitrogen and oxygen atoms in total. The van der Waals surface area contributed by atoms with Gasteiger partial charge in [0.2, 0.25) is 0 Å². The molecule has 12 aromatic carbocycles. The predicted octanol–water partition coefficient (Wildman–Crippen LogP) is 19.0. The van der Waals surface area contributed by atoms with Crippen molar-refractivity contribution < 1.29 is 0 Å².